The van der Waals surface area contributed by atoms with Gasteiger partial charge in [-0.05, 0) is 31.9 Å². The monoisotopic (exact) mass is 264 g/mol. The number of carbonyl (C=O) groups is 2. The molecule has 1 amide bonds. The zero-order valence-electron chi connectivity index (χ0n) is 10.6. The van der Waals surface area contributed by atoms with Crippen LogP contribution in [0.2, 0.25) is 0 Å². The molecule has 2 rings (SSSR count). The number of amides is 1. The van der Waals surface area contributed by atoms with Crippen molar-refractivity contribution >= 4 is 11.9 Å². The van der Waals surface area contributed by atoms with Crippen molar-refractivity contribution in [2.45, 2.75) is 31.9 Å². The molecule has 0 saturated carbocycles. The second kappa shape index (κ2) is 5.79. The van der Waals surface area contributed by atoms with Gasteiger partial charge in [0.25, 0.3) is 5.91 Å². The van der Waals surface area contributed by atoms with Crippen molar-refractivity contribution in [1.82, 2.24) is 10.3 Å². The van der Waals surface area contributed by atoms with Gasteiger partial charge < -0.3 is 15.2 Å². The number of aromatic carboxylic acids is 1. The van der Waals surface area contributed by atoms with E-state index in [1.54, 1.807) is 0 Å². The summed E-state index contributed by atoms with van der Waals surface area (Å²) in [5, 5.41) is 11.7. The third kappa shape index (κ3) is 3.51. The zero-order chi connectivity index (χ0) is 13.8. The summed E-state index contributed by atoms with van der Waals surface area (Å²) in [5.41, 5.74) is 0.180. The van der Waals surface area contributed by atoms with E-state index in [0.717, 1.165) is 12.8 Å². The van der Waals surface area contributed by atoms with Crippen LogP contribution in [-0.2, 0) is 4.74 Å². The van der Waals surface area contributed by atoms with E-state index >= 15 is 0 Å². The summed E-state index contributed by atoms with van der Waals surface area (Å²) in [6.45, 7) is 2.59. The highest BCUT2D eigenvalue weighted by molar-refractivity contribution is 5.96. The van der Waals surface area contributed by atoms with Crippen molar-refractivity contribution in [3.63, 3.8) is 0 Å². The van der Waals surface area contributed by atoms with E-state index in [1.807, 2.05) is 6.92 Å². The van der Waals surface area contributed by atoms with Gasteiger partial charge in [0.05, 0.1) is 6.10 Å². The van der Waals surface area contributed by atoms with Crippen LogP contribution in [-0.4, -0.2) is 40.7 Å². The maximum Gasteiger partial charge on any atom is 0.354 e. The third-order valence-corrected chi connectivity index (χ3v) is 3.06. The van der Waals surface area contributed by atoms with E-state index in [2.05, 4.69) is 10.3 Å². The van der Waals surface area contributed by atoms with Gasteiger partial charge in [-0.2, -0.15) is 0 Å². The Labute approximate surface area is 110 Å². The first-order valence-electron chi connectivity index (χ1n) is 6.18. The number of nitrogens with one attached hydrogen (secondary N) is 1. The number of carboxylic acids is 1. The first-order valence-corrected chi connectivity index (χ1v) is 6.18. The predicted octanol–water partition coefficient (Wildman–Crippen LogP) is 1.08. The number of pyridine rings is 1. The lowest BCUT2D eigenvalue weighted by Crippen LogP contribution is -2.41. The van der Waals surface area contributed by atoms with E-state index in [1.165, 1.54) is 18.3 Å². The fraction of sp³-hybridized carbons (Fsp3) is 0.462. The topological polar surface area (TPSA) is 88.5 Å². The lowest BCUT2D eigenvalue weighted by Gasteiger charge is -2.27. The molecular formula is C13H16N2O4. The number of ether oxygens (including phenoxy) is 1. The summed E-state index contributed by atoms with van der Waals surface area (Å²) in [6.07, 6.45) is 2.99. The maximum atomic E-state index is 12.0. The molecule has 6 heteroatoms. The number of carboxylic acid groups (broad SMARTS) is 1. The van der Waals surface area contributed by atoms with Crippen LogP contribution >= 0.6 is 0 Å². The molecule has 1 saturated heterocycles. The van der Waals surface area contributed by atoms with Gasteiger partial charge in [-0.25, -0.2) is 9.78 Å². The Morgan fingerprint density at radius 3 is 3.00 bits per heavy atom. The number of hydrogen-bond donors (Lipinski definition) is 2. The van der Waals surface area contributed by atoms with Gasteiger partial charge in [-0.1, -0.05) is 0 Å². The number of carbonyl (C=O) groups excluding carboxylic acids is 1. The lowest BCUT2D eigenvalue weighted by molar-refractivity contribution is 0.0136. The SMILES string of the molecule is CC1CC(NC(=O)c2ccnc(C(=O)O)c2)CCO1. The van der Waals surface area contributed by atoms with Crippen molar-refractivity contribution in [3.8, 4) is 0 Å². The van der Waals surface area contributed by atoms with Gasteiger partial charge in [0.1, 0.15) is 5.69 Å². The highest BCUT2D eigenvalue weighted by Crippen LogP contribution is 2.14. The van der Waals surface area contributed by atoms with Crippen LogP contribution in [0.5, 0.6) is 0 Å². The van der Waals surface area contributed by atoms with Gasteiger partial charge in [-0.15, -0.1) is 0 Å². The Hall–Kier alpha value is -1.95. The molecule has 2 unspecified atom stereocenters. The molecule has 1 aromatic rings. The van der Waals surface area contributed by atoms with Crippen molar-refractivity contribution in [2.24, 2.45) is 0 Å². The normalized spacial score (nSPS) is 22.8. The molecule has 102 valence electrons. The molecular weight excluding hydrogens is 248 g/mol. The van der Waals surface area contributed by atoms with Crippen LogP contribution in [0.25, 0.3) is 0 Å². The van der Waals surface area contributed by atoms with Crippen LogP contribution < -0.4 is 5.32 Å². The van der Waals surface area contributed by atoms with Crippen LogP contribution in [0, 0.1) is 0 Å². The van der Waals surface area contributed by atoms with Crippen molar-refractivity contribution in [3.05, 3.63) is 29.6 Å². The van der Waals surface area contributed by atoms with E-state index in [9.17, 15) is 9.59 Å². The lowest BCUT2D eigenvalue weighted by atomic mass is 10.0. The second-order valence-corrected chi connectivity index (χ2v) is 4.61. The first kappa shape index (κ1) is 13.5. The molecule has 0 spiro atoms. The number of hydrogen-bond acceptors (Lipinski definition) is 4. The molecule has 0 radical (unpaired) electrons. The Morgan fingerprint density at radius 1 is 1.53 bits per heavy atom. The number of nitrogens with zero attached hydrogens (tertiary/aromatic N) is 1. The third-order valence-electron chi connectivity index (χ3n) is 3.06. The largest absolute Gasteiger partial charge is 0.477 e. The number of rotatable bonds is 3. The summed E-state index contributed by atoms with van der Waals surface area (Å²) >= 11 is 0. The zero-order valence-corrected chi connectivity index (χ0v) is 10.6. The minimum atomic E-state index is -1.14. The minimum absolute atomic E-state index is 0.0673. The summed E-state index contributed by atoms with van der Waals surface area (Å²) in [6, 6.07) is 2.85. The fourth-order valence-corrected chi connectivity index (χ4v) is 2.09. The van der Waals surface area contributed by atoms with E-state index in [-0.39, 0.29) is 23.7 Å². The van der Waals surface area contributed by atoms with E-state index in [4.69, 9.17) is 9.84 Å². The molecule has 0 aromatic carbocycles. The van der Waals surface area contributed by atoms with Crippen LogP contribution in [0.1, 0.15) is 40.6 Å². The molecule has 2 heterocycles. The van der Waals surface area contributed by atoms with Crippen molar-refractivity contribution < 1.29 is 19.4 Å². The Morgan fingerprint density at radius 2 is 2.32 bits per heavy atom. The molecule has 1 fully saturated rings. The molecule has 1 aliphatic rings. The molecule has 2 N–H and O–H groups in total. The van der Waals surface area contributed by atoms with Crippen LogP contribution in [0.3, 0.4) is 0 Å². The standard InChI is InChI=1S/C13H16N2O4/c1-8-6-10(3-5-19-8)15-12(16)9-2-4-14-11(7-9)13(17)18/h2,4,7-8,10H,3,5-6H2,1H3,(H,15,16)(H,17,18). The molecule has 0 aliphatic carbocycles. The van der Waals surface area contributed by atoms with Gasteiger partial charge in [0.2, 0.25) is 0 Å². The van der Waals surface area contributed by atoms with Crippen molar-refractivity contribution in [2.75, 3.05) is 6.61 Å². The highest BCUT2D eigenvalue weighted by atomic mass is 16.5. The summed E-state index contributed by atoms with van der Waals surface area (Å²) in [4.78, 5) is 26.5. The van der Waals surface area contributed by atoms with Gasteiger partial charge in [-0.3, -0.25) is 4.79 Å². The van der Waals surface area contributed by atoms with E-state index in [0.29, 0.717) is 12.2 Å². The smallest absolute Gasteiger partial charge is 0.354 e. The predicted molar refractivity (Wildman–Crippen MR) is 67.1 cm³/mol. The van der Waals surface area contributed by atoms with Gasteiger partial charge in [0.15, 0.2) is 0 Å². The average Bonchev–Trinajstić information content (AvgIpc) is 2.39. The molecule has 0 bridgehead atoms. The second-order valence-electron chi connectivity index (χ2n) is 4.61. The van der Waals surface area contributed by atoms with E-state index < -0.39 is 5.97 Å². The summed E-state index contributed by atoms with van der Waals surface area (Å²) in [7, 11) is 0. The quantitative estimate of drug-likeness (QED) is 0.852. The van der Waals surface area contributed by atoms with Crippen molar-refractivity contribution in [1.29, 1.82) is 0 Å². The molecule has 1 aromatic heterocycles. The Balaban J connectivity index is 2.03. The molecule has 6 nitrogen and oxygen atoms in total. The Kier molecular flexibility index (Phi) is 4.11. The molecule has 2 atom stereocenters. The minimum Gasteiger partial charge on any atom is -0.477 e. The fourth-order valence-electron chi connectivity index (χ4n) is 2.09. The first-order chi connectivity index (χ1) is 9.06. The van der Waals surface area contributed by atoms with Gasteiger partial charge in [0, 0.05) is 24.4 Å². The summed E-state index contributed by atoms with van der Waals surface area (Å²) in [5.74, 6) is -1.42. The van der Waals surface area contributed by atoms with Gasteiger partial charge >= 0.3 is 5.97 Å². The van der Waals surface area contributed by atoms with Crippen LogP contribution in [0.15, 0.2) is 18.3 Å². The highest BCUT2D eigenvalue weighted by Gasteiger charge is 2.21. The molecule has 1 aliphatic heterocycles. The molecule has 19 heavy (non-hydrogen) atoms. The summed E-state index contributed by atoms with van der Waals surface area (Å²) < 4.78 is 5.41. The average molecular weight is 264 g/mol. The maximum absolute atomic E-state index is 12.0. The Bertz CT molecular complexity index is 489. The van der Waals surface area contributed by atoms with Crippen LogP contribution in [0.4, 0.5) is 0 Å². The number of aromatic nitrogens is 1.